The van der Waals surface area contributed by atoms with Gasteiger partial charge < -0.3 is 4.74 Å². The van der Waals surface area contributed by atoms with Crippen molar-refractivity contribution >= 4 is 34.8 Å². The molecule has 0 aliphatic carbocycles. The molecular formula is C11H9ClN2OS. The van der Waals surface area contributed by atoms with E-state index in [1.54, 1.807) is 25.6 Å². The molecule has 0 aliphatic heterocycles. The average Bonchev–Trinajstić information content (AvgIpc) is 2.73. The van der Waals surface area contributed by atoms with Crippen LogP contribution in [0.25, 0.3) is 0 Å². The average molecular weight is 253 g/mol. The second-order valence-corrected chi connectivity index (χ2v) is 4.71. The SMILES string of the molecule is COc1ccc(N=Cc2ccc(Cl)s2)cn1. The number of aliphatic imine (C=N–C) groups is 1. The van der Waals surface area contributed by atoms with Gasteiger partial charge in [-0.25, -0.2) is 4.98 Å². The van der Waals surface area contributed by atoms with E-state index in [1.165, 1.54) is 11.3 Å². The van der Waals surface area contributed by atoms with Crippen molar-refractivity contribution in [2.24, 2.45) is 4.99 Å². The van der Waals surface area contributed by atoms with Crippen LogP contribution in [-0.4, -0.2) is 18.3 Å². The third-order valence-electron chi connectivity index (χ3n) is 1.86. The van der Waals surface area contributed by atoms with Crippen molar-refractivity contribution < 1.29 is 4.74 Å². The number of methoxy groups -OCH3 is 1. The molecule has 16 heavy (non-hydrogen) atoms. The molecule has 0 N–H and O–H groups in total. The Hall–Kier alpha value is -1.39. The first-order chi connectivity index (χ1) is 7.78. The minimum atomic E-state index is 0.582. The molecule has 2 heterocycles. The third kappa shape index (κ3) is 2.81. The molecule has 0 spiro atoms. The number of ether oxygens (including phenoxy) is 1. The van der Waals surface area contributed by atoms with Crippen molar-refractivity contribution in [3.05, 3.63) is 39.7 Å². The lowest BCUT2D eigenvalue weighted by Gasteiger charge is -1.97. The first-order valence-corrected chi connectivity index (χ1v) is 5.77. The molecule has 3 nitrogen and oxygen atoms in total. The molecule has 5 heteroatoms. The Morgan fingerprint density at radius 1 is 1.38 bits per heavy atom. The summed E-state index contributed by atoms with van der Waals surface area (Å²) >= 11 is 7.30. The van der Waals surface area contributed by atoms with E-state index in [9.17, 15) is 0 Å². The van der Waals surface area contributed by atoms with E-state index in [4.69, 9.17) is 16.3 Å². The number of nitrogens with zero attached hydrogens (tertiary/aromatic N) is 2. The minimum Gasteiger partial charge on any atom is -0.481 e. The number of pyridine rings is 1. The van der Waals surface area contributed by atoms with Gasteiger partial charge in [-0.3, -0.25) is 4.99 Å². The van der Waals surface area contributed by atoms with E-state index < -0.39 is 0 Å². The molecule has 0 aromatic carbocycles. The van der Waals surface area contributed by atoms with Crippen molar-refractivity contribution in [2.45, 2.75) is 0 Å². The van der Waals surface area contributed by atoms with E-state index in [-0.39, 0.29) is 0 Å². The number of hydrogen-bond donors (Lipinski definition) is 0. The first-order valence-electron chi connectivity index (χ1n) is 4.57. The van der Waals surface area contributed by atoms with Crippen LogP contribution in [0.15, 0.2) is 35.5 Å². The maximum atomic E-state index is 5.81. The van der Waals surface area contributed by atoms with Crippen LogP contribution in [0, 0.1) is 0 Å². The van der Waals surface area contributed by atoms with Crippen LogP contribution in [0.5, 0.6) is 5.88 Å². The predicted octanol–water partition coefficient (Wildman–Crippen LogP) is 3.56. The number of rotatable bonds is 3. The molecule has 2 aromatic rings. The standard InChI is InChI=1S/C11H9ClN2OS/c1-15-11-5-2-8(6-14-11)13-7-9-3-4-10(12)16-9/h2-7H,1H3. The van der Waals surface area contributed by atoms with Crippen LogP contribution in [0.2, 0.25) is 4.34 Å². The zero-order valence-corrected chi connectivity index (χ0v) is 10.1. The fraction of sp³-hybridized carbons (Fsp3) is 0.0909. The molecule has 0 saturated carbocycles. The van der Waals surface area contributed by atoms with Gasteiger partial charge in [0.25, 0.3) is 0 Å². The summed E-state index contributed by atoms with van der Waals surface area (Å²) in [6.45, 7) is 0. The minimum absolute atomic E-state index is 0.582. The summed E-state index contributed by atoms with van der Waals surface area (Å²) < 4.78 is 5.72. The van der Waals surface area contributed by atoms with Crippen molar-refractivity contribution in [2.75, 3.05) is 7.11 Å². The molecule has 0 bridgehead atoms. The van der Waals surface area contributed by atoms with Gasteiger partial charge in [-0.15, -0.1) is 11.3 Å². The summed E-state index contributed by atoms with van der Waals surface area (Å²) in [4.78, 5) is 9.34. The van der Waals surface area contributed by atoms with E-state index in [2.05, 4.69) is 9.98 Å². The first kappa shape index (κ1) is 11.1. The van der Waals surface area contributed by atoms with E-state index in [1.807, 2.05) is 18.2 Å². The van der Waals surface area contributed by atoms with Gasteiger partial charge in [-0.05, 0) is 18.2 Å². The summed E-state index contributed by atoms with van der Waals surface area (Å²) in [7, 11) is 1.58. The topological polar surface area (TPSA) is 34.5 Å². The van der Waals surface area contributed by atoms with Crippen molar-refractivity contribution in [3.8, 4) is 5.88 Å². The molecular weight excluding hydrogens is 244 g/mol. The molecule has 0 radical (unpaired) electrons. The van der Waals surface area contributed by atoms with Gasteiger partial charge in [0.15, 0.2) is 0 Å². The van der Waals surface area contributed by atoms with Crippen molar-refractivity contribution in [1.82, 2.24) is 4.98 Å². The van der Waals surface area contributed by atoms with Crippen LogP contribution in [0.1, 0.15) is 4.88 Å². The number of aromatic nitrogens is 1. The van der Waals surface area contributed by atoms with Crippen LogP contribution in [-0.2, 0) is 0 Å². The van der Waals surface area contributed by atoms with Gasteiger partial charge in [0.05, 0.1) is 23.3 Å². The fourth-order valence-corrected chi connectivity index (χ4v) is 2.04. The normalized spacial score (nSPS) is 10.9. The largest absolute Gasteiger partial charge is 0.481 e. The monoisotopic (exact) mass is 252 g/mol. The number of halogens is 1. The Kier molecular flexibility index (Phi) is 3.54. The molecule has 2 aromatic heterocycles. The molecule has 2 rings (SSSR count). The predicted molar refractivity (Wildman–Crippen MR) is 67.4 cm³/mol. The second kappa shape index (κ2) is 5.09. The summed E-state index contributed by atoms with van der Waals surface area (Å²) in [5.74, 6) is 0.582. The van der Waals surface area contributed by atoms with Crippen molar-refractivity contribution in [1.29, 1.82) is 0 Å². The summed E-state index contributed by atoms with van der Waals surface area (Å²) in [5, 5.41) is 0. The van der Waals surface area contributed by atoms with Gasteiger partial charge in [0.1, 0.15) is 0 Å². The molecule has 0 unspecified atom stereocenters. The van der Waals surface area contributed by atoms with Crippen LogP contribution < -0.4 is 4.74 Å². The highest BCUT2D eigenvalue weighted by atomic mass is 35.5. The Bertz CT molecular complexity index is 493. The zero-order chi connectivity index (χ0) is 11.4. The summed E-state index contributed by atoms with van der Waals surface area (Å²) in [6, 6.07) is 7.39. The van der Waals surface area contributed by atoms with Gasteiger partial charge in [0, 0.05) is 17.2 Å². The number of thiophene rings is 1. The molecule has 0 fully saturated rings. The zero-order valence-electron chi connectivity index (χ0n) is 8.55. The lowest BCUT2D eigenvalue weighted by atomic mass is 10.4. The summed E-state index contributed by atoms with van der Waals surface area (Å²) in [5.41, 5.74) is 0.783. The quantitative estimate of drug-likeness (QED) is 0.783. The highest BCUT2D eigenvalue weighted by molar-refractivity contribution is 7.17. The van der Waals surface area contributed by atoms with Gasteiger partial charge in [0.2, 0.25) is 5.88 Å². The maximum absolute atomic E-state index is 5.81. The van der Waals surface area contributed by atoms with E-state index in [0.29, 0.717) is 5.88 Å². The highest BCUT2D eigenvalue weighted by Gasteiger charge is 1.95. The Morgan fingerprint density at radius 2 is 2.25 bits per heavy atom. The molecule has 0 amide bonds. The Morgan fingerprint density at radius 3 is 2.81 bits per heavy atom. The van der Waals surface area contributed by atoms with E-state index in [0.717, 1.165) is 14.9 Å². The van der Waals surface area contributed by atoms with Crippen LogP contribution in [0.3, 0.4) is 0 Å². The molecule has 0 atom stereocenters. The fourth-order valence-electron chi connectivity index (χ4n) is 1.11. The maximum Gasteiger partial charge on any atom is 0.213 e. The van der Waals surface area contributed by atoms with Crippen molar-refractivity contribution in [3.63, 3.8) is 0 Å². The lowest BCUT2D eigenvalue weighted by molar-refractivity contribution is 0.398. The van der Waals surface area contributed by atoms with Gasteiger partial charge in [-0.2, -0.15) is 0 Å². The van der Waals surface area contributed by atoms with Crippen LogP contribution in [0.4, 0.5) is 5.69 Å². The molecule has 0 aliphatic rings. The number of hydrogen-bond acceptors (Lipinski definition) is 4. The van der Waals surface area contributed by atoms with Crippen LogP contribution >= 0.6 is 22.9 Å². The van der Waals surface area contributed by atoms with E-state index >= 15 is 0 Å². The summed E-state index contributed by atoms with van der Waals surface area (Å²) in [6.07, 6.45) is 3.42. The lowest BCUT2D eigenvalue weighted by Crippen LogP contribution is -1.84. The molecule has 82 valence electrons. The molecule has 0 saturated heterocycles. The smallest absolute Gasteiger partial charge is 0.213 e. The Labute approximate surface area is 102 Å². The Balaban J connectivity index is 2.11. The van der Waals surface area contributed by atoms with Gasteiger partial charge in [-0.1, -0.05) is 11.6 Å². The highest BCUT2D eigenvalue weighted by Crippen LogP contribution is 2.21. The van der Waals surface area contributed by atoms with Gasteiger partial charge >= 0.3 is 0 Å². The third-order valence-corrected chi connectivity index (χ3v) is 3.03. The second-order valence-electron chi connectivity index (χ2n) is 2.96.